The third-order valence-electron chi connectivity index (χ3n) is 3.14. The summed E-state index contributed by atoms with van der Waals surface area (Å²) in [5, 5.41) is 4.50. The summed E-state index contributed by atoms with van der Waals surface area (Å²) in [6.07, 6.45) is 0.867. The number of nitrogens with one attached hydrogen (secondary N) is 1. The third kappa shape index (κ3) is 4.05. The Kier molecular flexibility index (Phi) is 5.56. The van der Waals surface area contributed by atoms with E-state index in [4.69, 9.17) is 4.74 Å². The van der Waals surface area contributed by atoms with Gasteiger partial charge in [-0.05, 0) is 32.0 Å². The first-order valence-corrected chi connectivity index (χ1v) is 7.86. The highest BCUT2D eigenvalue weighted by Gasteiger charge is 2.07. The number of ether oxygens (including phenoxy) is 1. The van der Waals surface area contributed by atoms with Crippen molar-refractivity contribution in [3.8, 4) is 5.75 Å². The fourth-order valence-electron chi connectivity index (χ4n) is 1.96. The normalized spacial score (nSPS) is 10.8. The first kappa shape index (κ1) is 15.0. The van der Waals surface area contributed by atoms with Gasteiger partial charge in [-0.1, -0.05) is 25.1 Å². The number of aryl methyl sites for hydroxylation is 2. The van der Waals surface area contributed by atoms with Gasteiger partial charge in [0, 0.05) is 17.8 Å². The zero-order valence-corrected chi connectivity index (χ0v) is 13.2. The molecule has 2 rings (SSSR count). The van der Waals surface area contributed by atoms with Crippen molar-refractivity contribution in [2.24, 2.45) is 0 Å². The Bertz CT molecular complexity index is 551. The van der Waals surface area contributed by atoms with Gasteiger partial charge in [0.05, 0.1) is 17.3 Å². The van der Waals surface area contributed by atoms with E-state index in [2.05, 4.69) is 37.1 Å². The van der Waals surface area contributed by atoms with Gasteiger partial charge in [-0.25, -0.2) is 4.98 Å². The maximum atomic E-state index is 5.82. The van der Waals surface area contributed by atoms with Crippen molar-refractivity contribution >= 4 is 11.3 Å². The van der Waals surface area contributed by atoms with Crippen molar-refractivity contribution in [1.29, 1.82) is 0 Å². The number of benzene rings is 1. The lowest BCUT2D eigenvalue weighted by molar-refractivity contribution is 0.319. The summed E-state index contributed by atoms with van der Waals surface area (Å²) in [7, 11) is 0. The quantitative estimate of drug-likeness (QED) is 0.847. The van der Waals surface area contributed by atoms with Gasteiger partial charge in [0.2, 0.25) is 0 Å². The Morgan fingerprint density at radius 1 is 1.25 bits per heavy atom. The standard InChI is InChI=1S/C16H22N2OS/c1-4-17-11-15-13(3)18-16(20-15)9-10-19-14-8-6-5-7-12(14)2/h5-8,17H,4,9-11H2,1-3H3. The molecule has 1 heterocycles. The molecule has 0 fully saturated rings. The van der Waals surface area contributed by atoms with Crippen molar-refractivity contribution in [3.63, 3.8) is 0 Å². The van der Waals surface area contributed by atoms with Gasteiger partial charge in [0.25, 0.3) is 0 Å². The van der Waals surface area contributed by atoms with Crippen LogP contribution in [0.2, 0.25) is 0 Å². The van der Waals surface area contributed by atoms with Gasteiger partial charge in [-0.2, -0.15) is 0 Å². The Morgan fingerprint density at radius 3 is 2.80 bits per heavy atom. The number of para-hydroxylation sites is 1. The molecular formula is C16H22N2OS. The van der Waals surface area contributed by atoms with E-state index in [0.29, 0.717) is 6.61 Å². The van der Waals surface area contributed by atoms with Gasteiger partial charge in [-0.3, -0.25) is 0 Å². The van der Waals surface area contributed by atoms with Crippen molar-refractivity contribution in [1.82, 2.24) is 10.3 Å². The lowest BCUT2D eigenvalue weighted by Gasteiger charge is -2.07. The molecule has 0 saturated heterocycles. The molecule has 1 aromatic carbocycles. The van der Waals surface area contributed by atoms with Crippen LogP contribution in [-0.2, 0) is 13.0 Å². The van der Waals surface area contributed by atoms with Crippen molar-refractivity contribution in [2.45, 2.75) is 33.7 Å². The number of nitrogens with zero attached hydrogens (tertiary/aromatic N) is 1. The van der Waals surface area contributed by atoms with E-state index in [-0.39, 0.29) is 0 Å². The smallest absolute Gasteiger partial charge is 0.122 e. The van der Waals surface area contributed by atoms with Crippen LogP contribution in [0.15, 0.2) is 24.3 Å². The summed E-state index contributed by atoms with van der Waals surface area (Å²) in [6.45, 7) is 8.85. The zero-order chi connectivity index (χ0) is 14.4. The van der Waals surface area contributed by atoms with Gasteiger partial charge < -0.3 is 10.1 Å². The van der Waals surface area contributed by atoms with Crippen LogP contribution in [0.3, 0.4) is 0 Å². The lowest BCUT2D eigenvalue weighted by atomic mass is 10.2. The van der Waals surface area contributed by atoms with Gasteiger partial charge >= 0.3 is 0 Å². The maximum absolute atomic E-state index is 5.82. The van der Waals surface area contributed by atoms with Crippen molar-refractivity contribution in [2.75, 3.05) is 13.2 Å². The molecule has 2 aromatic rings. The topological polar surface area (TPSA) is 34.1 Å². The minimum absolute atomic E-state index is 0.679. The van der Waals surface area contributed by atoms with Crippen LogP contribution in [0.25, 0.3) is 0 Å². The highest BCUT2D eigenvalue weighted by Crippen LogP contribution is 2.20. The summed E-state index contributed by atoms with van der Waals surface area (Å²) >= 11 is 1.79. The number of rotatable bonds is 7. The Morgan fingerprint density at radius 2 is 2.05 bits per heavy atom. The van der Waals surface area contributed by atoms with Crippen LogP contribution >= 0.6 is 11.3 Å². The van der Waals surface area contributed by atoms with Gasteiger partial charge in [0.15, 0.2) is 0 Å². The van der Waals surface area contributed by atoms with Crippen LogP contribution in [0, 0.1) is 13.8 Å². The van der Waals surface area contributed by atoms with Crippen LogP contribution in [-0.4, -0.2) is 18.1 Å². The number of hydrogen-bond donors (Lipinski definition) is 1. The summed E-state index contributed by atoms with van der Waals surface area (Å²) in [6, 6.07) is 8.11. The average molecular weight is 290 g/mol. The van der Waals surface area contributed by atoms with E-state index in [1.165, 1.54) is 10.4 Å². The molecule has 0 aliphatic rings. The lowest BCUT2D eigenvalue weighted by Crippen LogP contribution is -2.11. The van der Waals surface area contributed by atoms with E-state index in [9.17, 15) is 0 Å². The third-order valence-corrected chi connectivity index (χ3v) is 4.36. The highest BCUT2D eigenvalue weighted by atomic mass is 32.1. The minimum atomic E-state index is 0.679. The minimum Gasteiger partial charge on any atom is -0.493 e. The molecule has 0 aliphatic heterocycles. The summed E-state index contributed by atoms with van der Waals surface area (Å²) in [4.78, 5) is 5.95. The molecule has 0 radical (unpaired) electrons. The molecule has 0 amide bonds. The average Bonchev–Trinajstić information content (AvgIpc) is 2.79. The monoisotopic (exact) mass is 290 g/mol. The predicted molar refractivity (Wildman–Crippen MR) is 84.6 cm³/mol. The highest BCUT2D eigenvalue weighted by molar-refractivity contribution is 7.11. The molecule has 0 unspecified atom stereocenters. The largest absolute Gasteiger partial charge is 0.493 e. The van der Waals surface area contributed by atoms with E-state index in [1.54, 1.807) is 11.3 Å². The van der Waals surface area contributed by atoms with E-state index in [0.717, 1.165) is 36.0 Å². The molecule has 0 bridgehead atoms. The zero-order valence-electron chi connectivity index (χ0n) is 12.4. The summed E-state index contributed by atoms with van der Waals surface area (Å²) in [5.74, 6) is 0.966. The SMILES string of the molecule is CCNCc1sc(CCOc2ccccc2C)nc1C. The molecule has 108 valence electrons. The molecule has 0 saturated carbocycles. The van der Waals surface area contributed by atoms with Gasteiger partial charge in [-0.15, -0.1) is 11.3 Å². The number of aromatic nitrogens is 1. The van der Waals surface area contributed by atoms with Crippen molar-refractivity contribution < 1.29 is 4.74 Å². The fourth-order valence-corrected chi connectivity index (χ4v) is 2.98. The molecule has 0 spiro atoms. The summed E-state index contributed by atoms with van der Waals surface area (Å²) in [5.41, 5.74) is 2.32. The molecule has 0 aliphatic carbocycles. The van der Waals surface area contributed by atoms with Crippen LogP contribution in [0.4, 0.5) is 0 Å². The number of hydrogen-bond acceptors (Lipinski definition) is 4. The Hall–Kier alpha value is -1.39. The van der Waals surface area contributed by atoms with Crippen LogP contribution < -0.4 is 10.1 Å². The second kappa shape index (κ2) is 7.41. The maximum Gasteiger partial charge on any atom is 0.122 e. The number of thiazole rings is 1. The molecule has 0 atom stereocenters. The molecule has 20 heavy (non-hydrogen) atoms. The van der Waals surface area contributed by atoms with Crippen LogP contribution in [0.5, 0.6) is 5.75 Å². The summed E-state index contributed by atoms with van der Waals surface area (Å²) < 4.78 is 5.82. The van der Waals surface area contributed by atoms with E-state index in [1.807, 2.05) is 18.2 Å². The molecule has 4 heteroatoms. The van der Waals surface area contributed by atoms with Gasteiger partial charge in [0.1, 0.15) is 5.75 Å². The second-order valence-corrected chi connectivity index (χ2v) is 5.93. The van der Waals surface area contributed by atoms with E-state index >= 15 is 0 Å². The second-order valence-electron chi connectivity index (χ2n) is 4.76. The predicted octanol–water partition coefficient (Wildman–Crippen LogP) is 3.49. The first-order valence-electron chi connectivity index (χ1n) is 7.05. The van der Waals surface area contributed by atoms with Crippen molar-refractivity contribution in [3.05, 3.63) is 45.4 Å². The molecule has 3 nitrogen and oxygen atoms in total. The Balaban J connectivity index is 1.87. The van der Waals surface area contributed by atoms with E-state index < -0.39 is 0 Å². The molecule has 1 N–H and O–H groups in total. The Labute approximate surface area is 125 Å². The fraction of sp³-hybridized carbons (Fsp3) is 0.438. The molecular weight excluding hydrogens is 268 g/mol. The van der Waals surface area contributed by atoms with Crippen LogP contribution in [0.1, 0.15) is 28.1 Å². The molecule has 1 aromatic heterocycles. The first-order chi connectivity index (χ1) is 9.70.